The van der Waals surface area contributed by atoms with Gasteiger partial charge >= 0.3 is 0 Å². The van der Waals surface area contributed by atoms with Gasteiger partial charge < -0.3 is 10.5 Å². The van der Waals surface area contributed by atoms with Gasteiger partial charge in [-0.25, -0.2) is 0 Å². The van der Waals surface area contributed by atoms with E-state index in [1.807, 2.05) is 19.3 Å². The van der Waals surface area contributed by atoms with Crippen LogP contribution in [-0.2, 0) is 11.3 Å². The van der Waals surface area contributed by atoms with Crippen LogP contribution in [0.1, 0.15) is 39.7 Å². The van der Waals surface area contributed by atoms with Crippen molar-refractivity contribution in [3.63, 3.8) is 0 Å². The third-order valence-corrected chi connectivity index (χ3v) is 5.11. The van der Waals surface area contributed by atoms with Gasteiger partial charge in [-0.15, -0.1) is 0 Å². The van der Waals surface area contributed by atoms with Crippen molar-refractivity contribution in [2.45, 2.75) is 52.3 Å². The topological polar surface area (TPSA) is 51.4 Å². The zero-order chi connectivity index (χ0) is 15.5. The standard InChI is InChI=1S/C17H29N3O/c1-5-20(12-14-7-9-19-10-8-14)13-17(18)11-15(21-6-2)16(17,3)4/h7-10,15H,5-6,11-13,18H2,1-4H3. The summed E-state index contributed by atoms with van der Waals surface area (Å²) in [6.07, 6.45) is 4.92. The summed E-state index contributed by atoms with van der Waals surface area (Å²) in [6, 6.07) is 4.14. The van der Waals surface area contributed by atoms with Crippen molar-refractivity contribution in [1.82, 2.24) is 9.88 Å². The Hall–Kier alpha value is -0.970. The normalized spacial score (nSPS) is 27.6. The lowest BCUT2D eigenvalue weighted by Crippen LogP contribution is -2.73. The molecule has 2 N–H and O–H groups in total. The highest BCUT2D eigenvalue weighted by molar-refractivity contribution is 5.16. The molecule has 0 aromatic carbocycles. The summed E-state index contributed by atoms with van der Waals surface area (Å²) in [7, 11) is 0. The maximum Gasteiger partial charge on any atom is 0.0662 e. The fourth-order valence-electron chi connectivity index (χ4n) is 3.20. The second-order valence-electron chi connectivity index (χ2n) is 6.68. The number of ether oxygens (including phenoxy) is 1. The lowest BCUT2D eigenvalue weighted by atomic mass is 9.54. The van der Waals surface area contributed by atoms with Gasteiger partial charge in [-0.1, -0.05) is 20.8 Å². The van der Waals surface area contributed by atoms with Crippen LogP contribution in [-0.4, -0.2) is 41.2 Å². The summed E-state index contributed by atoms with van der Waals surface area (Å²) < 4.78 is 5.82. The van der Waals surface area contributed by atoms with Crippen LogP contribution < -0.4 is 5.73 Å². The largest absolute Gasteiger partial charge is 0.378 e. The smallest absolute Gasteiger partial charge is 0.0662 e. The molecule has 0 amide bonds. The van der Waals surface area contributed by atoms with Gasteiger partial charge in [-0.05, 0) is 37.6 Å². The minimum Gasteiger partial charge on any atom is -0.378 e. The van der Waals surface area contributed by atoms with E-state index < -0.39 is 0 Å². The molecule has 0 bridgehead atoms. The molecule has 1 saturated carbocycles. The summed E-state index contributed by atoms with van der Waals surface area (Å²) in [5, 5.41) is 0. The molecule has 0 radical (unpaired) electrons. The number of pyridine rings is 1. The molecule has 2 rings (SSSR count). The molecular formula is C17H29N3O. The van der Waals surface area contributed by atoms with Crippen LogP contribution in [0.3, 0.4) is 0 Å². The Bertz CT molecular complexity index is 449. The van der Waals surface area contributed by atoms with E-state index in [1.165, 1.54) is 5.56 Å². The highest BCUT2D eigenvalue weighted by Gasteiger charge is 2.58. The van der Waals surface area contributed by atoms with Gasteiger partial charge in [0.05, 0.1) is 6.10 Å². The van der Waals surface area contributed by atoms with Crippen LogP contribution in [0.5, 0.6) is 0 Å². The van der Waals surface area contributed by atoms with Crippen LogP contribution in [0.4, 0.5) is 0 Å². The highest BCUT2D eigenvalue weighted by atomic mass is 16.5. The molecule has 1 fully saturated rings. The first-order valence-corrected chi connectivity index (χ1v) is 7.94. The Labute approximate surface area is 128 Å². The van der Waals surface area contributed by atoms with E-state index in [1.54, 1.807) is 0 Å². The first-order valence-electron chi connectivity index (χ1n) is 7.94. The minimum absolute atomic E-state index is 0.0225. The van der Waals surface area contributed by atoms with Crippen LogP contribution in [0.15, 0.2) is 24.5 Å². The van der Waals surface area contributed by atoms with Crippen LogP contribution in [0.2, 0.25) is 0 Å². The van der Waals surface area contributed by atoms with E-state index >= 15 is 0 Å². The molecule has 0 aliphatic heterocycles. The third kappa shape index (κ3) is 3.28. The molecule has 21 heavy (non-hydrogen) atoms. The molecule has 2 atom stereocenters. The van der Waals surface area contributed by atoms with E-state index in [0.29, 0.717) is 0 Å². The fraction of sp³-hybridized carbons (Fsp3) is 0.706. The Kier molecular flexibility index (Phi) is 5.02. The number of likely N-dealkylation sites (N-methyl/N-ethyl adjacent to an activating group) is 1. The second-order valence-corrected chi connectivity index (χ2v) is 6.68. The van der Waals surface area contributed by atoms with Gasteiger partial charge in [0.25, 0.3) is 0 Å². The van der Waals surface area contributed by atoms with Crippen LogP contribution in [0.25, 0.3) is 0 Å². The predicted molar refractivity (Wildman–Crippen MR) is 85.9 cm³/mol. The molecule has 1 aliphatic carbocycles. The Morgan fingerprint density at radius 2 is 2.00 bits per heavy atom. The quantitative estimate of drug-likeness (QED) is 0.838. The van der Waals surface area contributed by atoms with Gasteiger partial charge in [0.1, 0.15) is 0 Å². The third-order valence-electron chi connectivity index (χ3n) is 5.11. The van der Waals surface area contributed by atoms with Crippen molar-refractivity contribution in [1.29, 1.82) is 0 Å². The van der Waals surface area contributed by atoms with Crippen molar-refractivity contribution in [2.75, 3.05) is 19.7 Å². The summed E-state index contributed by atoms with van der Waals surface area (Å²) in [6.45, 7) is 12.3. The minimum atomic E-state index is -0.171. The summed E-state index contributed by atoms with van der Waals surface area (Å²) in [4.78, 5) is 6.49. The molecule has 1 aromatic heterocycles. The van der Waals surface area contributed by atoms with Gasteiger partial charge in [0.15, 0.2) is 0 Å². The first-order chi connectivity index (χ1) is 9.93. The van der Waals surface area contributed by atoms with Crippen molar-refractivity contribution in [2.24, 2.45) is 11.1 Å². The van der Waals surface area contributed by atoms with Gasteiger partial charge in [0.2, 0.25) is 0 Å². The van der Waals surface area contributed by atoms with E-state index in [0.717, 1.165) is 32.7 Å². The van der Waals surface area contributed by atoms with Crippen molar-refractivity contribution < 1.29 is 4.74 Å². The zero-order valence-corrected chi connectivity index (χ0v) is 13.8. The van der Waals surface area contributed by atoms with Crippen LogP contribution >= 0.6 is 0 Å². The van der Waals surface area contributed by atoms with Crippen molar-refractivity contribution in [3.8, 4) is 0 Å². The molecule has 1 aliphatic rings. The number of aromatic nitrogens is 1. The van der Waals surface area contributed by atoms with E-state index in [2.05, 4.69) is 42.8 Å². The van der Waals surface area contributed by atoms with Gasteiger partial charge in [0, 0.05) is 43.0 Å². The molecule has 4 nitrogen and oxygen atoms in total. The fourth-order valence-corrected chi connectivity index (χ4v) is 3.20. The molecule has 0 spiro atoms. The highest BCUT2D eigenvalue weighted by Crippen LogP contribution is 2.50. The molecule has 4 heteroatoms. The molecule has 1 aromatic rings. The molecule has 0 saturated heterocycles. The molecule has 118 valence electrons. The van der Waals surface area contributed by atoms with Crippen molar-refractivity contribution >= 4 is 0 Å². The van der Waals surface area contributed by atoms with E-state index in [-0.39, 0.29) is 17.1 Å². The van der Waals surface area contributed by atoms with Gasteiger partial charge in [-0.3, -0.25) is 9.88 Å². The monoisotopic (exact) mass is 291 g/mol. The number of hydrogen-bond acceptors (Lipinski definition) is 4. The average molecular weight is 291 g/mol. The number of nitrogens with two attached hydrogens (primary N) is 1. The Balaban J connectivity index is 1.99. The second kappa shape index (κ2) is 6.42. The summed E-state index contributed by atoms with van der Waals surface area (Å²) in [5.74, 6) is 0. The summed E-state index contributed by atoms with van der Waals surface area (Å²) >= 11 is 0. The molecular weight excluding hydrogens is 262 g/mol. The van der Waals surface area contributed by atoms with Crippen LogP contribution in [0, 0.1) is 5.41 Å². The lowest BCUT2D eigenvalue weighted by Gasteiger charge is -2.60. The maximum atomic E-state index is 6.70. The zero-order valence-electron chi connectivity index (χ0n) is 13.8. The SMILES string of the molecule is CCOC1CC(N)(CN(CC)Cc2ccncc2)C1(C)C. The lowest BCUT2D eigenvalue weighted by molar-refractivity contribution is -0.156. The predicted octanol–water partition coefficient (Wildman–Crippen LogP) is 2.44. The molecule has 2 unspecified atom stereocenters. The Morgan fingerprint density at radius 3 is 2.52 bits per heavy atom. The number of hydrogen-bond donors (Lipinski definition) is 1. The number of nitrogens with zero attached hydrogens (tertiary/aromatic N) is 2. The first kappa shape index (κ1) is 16.4. The molecule has 1 heterocycles. The number of rotatable bonds is 7. The van der Waals surface area contributed by atoms with Gasteiger partial charge in [-0.2, -0.15) is 0 Å². The van der Waals surface area contributed by atoms with Crippen molar-refractivity contribution in [3.05, 3.63) is 30.1 Å². The van der Waals surface area contributed by atoms with E-state index in [9.17, 15) is 0 Å². The van der Waals surface area contributed by atoms with E-state index in [4.69, 9.17) is 10.5 Å². The summed E-state index contributed by atoms with van der Waals surface area (Å²) in [5.41, 5.74) is 7.84. The Morgan fingerprint density at radius 1 is 1.33 bits per heavy atom. The average Bonchev–Trinajstić information content (AvgIpc) is 2.47. The maximum absolute atomic E-state index is 6.70.